The molecule has 1 fully saturated rings. The summed E-state index contributed by atoms with van der Waals surface area (Å²) in [6, 6.07) is 5.55. The number of rotatable bonds is 2. The third-order valence-corrected chi connectivity index (χ3v) is 3.64. The van der Waals surface area contributed by atoms with E-state index in [0.29, 0.717) is 37.6 Å². The number of hydrogen-bond acceptors (Lipinski definition) is 3. The minimum absolute atomic E-state index is 0.0524. The van der Waals surface area contributed by atoms with Crippen molar-refractivity contribution in [2.75, 3.05) is 33.4 Å². The molecule has 1 aromatic rings. The van der Waals surface area contributed by atoms with Gasteiger partial charge in [0.2, 0.25) is 0 Å². The van der Waals surface area contributed by atoms with Gasteiger partial charge in [0.25, 0.3) is 5.91 Å². The highest BCUT2D eigenvalue weighted by atomic mass is 127. The third-order valence-electron chi connectivity index (χ3n) is 2.70. The quantitative estimate of drug-likeness (QED) is 0.766. The van der Waals surface area contributed by atoms with E-state index >= 15 is 0 Å². The van der Waals surface area contributed by atoms with Gasteiger partial charge in [0.1, 0.15) is 5.75 Å². The van der Waals surface area contributed by atoms with Crippen LogP contribution in [0.2, 0.25) is 0 Å². The lowest BCUT2D eigenvalue weighted by Crippen LogP contribution is -2.40. The van der Waals surface area contributed by atoms with Crippen LogP contribution in [-0.2, 0) is 4.74 Å². The van der Waals surface area contributed by atoms with Crippen molar-refractivity contribution >= 4 is 28.5 Å². The Morgan fingerprint density at radius 1 is 1.41 bits per heavy atom. The third kappa shape index (κ3) is 2.90. The van der Waals surface area contributed by atoms with Crippen LogP contribution in [0, 0.1) is 3.57 Å². The summed E-state index contributed by atoms with van der Waals surface area (Å²) in [5.74, 6) is 0.763. The number of methoxy groups -OCH3 is 1. The van der Waals surface area contributed by atoms with E-state index in [1.54, 1.807) is 13.2 Å². The first-order valence-corrected chi connectivity index (χ1v) is 6.51. The van der Waals surface area contributed by atoms with E-state index in [1.807, 2.05) is 17.0 Å². The number of nitrogens with zero attached hydrogens (tertiary/aromatic N) is 1. The van der Waals surface area contributed by atoms with E-state index in [1.165, 1.54) is 0 Å². The smallest absolute Gasteiger partial charge is 0.255 e. The molecule has 1 saturated heterocycles. The molecule has 0 bridgehead atoms. The van der Waals surface area contributed by atoms with Gasteiger partial charge in [-0.1, -0.05) is 0 Å². The van der Waals surface area contributed by atoms with Crippen LogP contribution in [0.25, 0.3) is 0 Å². The molecule has 0 unspecified atom stereocenters. The van der Waals surface area contributed by atoms with E-state index in [2.05, 4.69) is 22.6 Å². The van der Waals surface area contributed by atoms with E-state index in [0.717, 1.165) is 3.57 Å². The molecule has 0 radical (unpaired) electrons. The number of carbonyl (C=O) groups excluding carboxylic acids is 1. The largest absolute Gasteiger partial charge is 0.497 e. The molecule has 0 spiro atoms. The van der Waals surface area contributed by atoms with Crippen molar-refractivity contribution in [3.63, 3.8) is 0 Å². The lowest BCUT2D eigenvalue weighted by atomic mass is 10.2. The minimum atomic E-state index is 0.0524. The maximum absolute atomic E-state index is 12.3. The number of halogens is 1. The Balaban J connectivity index is 2.22. The zero-order valence-electron chi connectivity index (χ0n) is 9.61. The first-order chi connectivity index (χ1) is 8.22. The Labute approximate surface area is 114 Å². The molecule has 5 heteroatoms. The first kappa shape index (κ1) is 12.6. The molecule has 0 N–H and O–H groups in total. The standard InChI is InChI=1S/C12H14INO3/c1-16-9-2-3-11(13)10(8-9)12(15)14-4-6-17-7-5-14/h2-3,8H,4-7H2,1H3. The van der Waals surface area contributed by atoms with E-state index < -0.39 is 0 Å². The van der Waals surface area contributed by atoms with Crippen LogP contribution in [0.15, 0.2) is 18.2 Å². The number of carbonyl (C=O) groups is 1. The van der Waals surface area contributed by atoms with Gasteiger partial charge in [-0.25, -0.2) is 0 Å². The molecule has 1 aromatic carbocycles. The molecule has 92 valence electrons. The van der Waals surface area contributed by atoms with Crippen molar-refractivity contribution < 1.29 is 14.3 Å². The summed E-state index contributed by atoms with van der Waals surface area (Å²) >= 11 is 2.17. The van der Waals surface area contributed by atoms with Gasteiger partial charge in [-0.3, -0.25) is 4.79 Å². The Morgan fingerprint density at radius 3 is 2.76 bits per heavy atom. The Bertz CT molecular complexity index is 416. The van der Waals surface area contributed by atoms with Gasteiger partial charge in [0.05, 0.1) is 25.9 Å². The van der Waals surface area contributed by atoms with Crippen molar-refractivity contribution in [3.8, 4) is 5.75 Å². The molecule has 4 nitrogen and oxygen atoms in total. The summed E-state index contributed by atoms with van der Waals surface area (Å²) < 4.78 is 11.3. The SMILES string of the molecule is COc1ccc(I)c(C(=O)N2CCOCC2)c1. The van der Waals surface area contributed by atoms with Crippen LogP contribution in [0.3, 0.4) is 0 Å². The van der Waals surface area contributed by atoms with Crippen LogP contribution >= 0.6 is 22.6 Å². The fourth-order valence-electron chi connectivity index (χ4n) is 1.73. The Kier molecular flexibility index (Phi) is 4.22. The normalized spacial score (nSPS) is 15.8. The highest BCUT2D eigenvalue weighted by molar-refractivity contribution is 14.1. The van der Waals surface area contributed by atoms with Gasteiger partial charge in [0, 0.05) is 16.7 Å². The van der Waals surface area contributed by atoms with Crippen LogP contribution in [0.4, 0.5) is 0 Å². The van der Waals surface area contributed by atoms with Crippen LogP contribution in [0.1, 0.15) is 10.4 Å². The van der Waals surface area contributed by atoms with Gasteiger partial charge >= 0.3 is 0 Å². The lowest BCUT2D eigenvalue weighted by molar-refractivity contribution is 0.0302. The molecular weight excluding hydrogens is 333 g/mol. The summed E-state index contributed by atoms with van der Waals surface area (Å²) in [7, 11) is 1.60. The number of amides is 1. The molecule has 0 aromatic heterocycles. The monoisotopic (exact) mass is 347 g/mol. The highest BCUT2D eigenvalue weighted by Gasteiger charge is 2.20. The Hall–Kier alpha value is -0.820. The minimum Gasteiger partial charge on any atom is -0.497 e. The number of ether oxygens (including phenoxy) is 2. The molecule has 17 heavy (non-hydrogen) atoms. The molecule has 0 saturated carbocycles. The summed E-state index contributed by atoms with van der Waals surface area (Å²) in [6.07, 6.45) is 0. The van der Waals surface area contributed by atoms with Gasteiger partial charge < -0.3 is 14.4 Å². The van der Waals surface area contributed by atoms with Gasteiger partial charge in [-0.05, 0) is 40.8 Å². The summed E-state index contributed by atoms with van der Waals surface area (Å²) in [5.41, 5.74) is 0.701. The van der Waals surface area contributed by atoms with Gasteiger partial charge in [0.15, 0.2) is 0 Å². The second kappa shape index (κ2) is 5.68. The molecule has 0 atom stereocenters. The van der Waals surface area contributed by atoms with E-state index in [4.69, 9.17) is 9.47 Å². The van der Waals surface area contributed by atoms with Crippen LogP contribution < -0.4 is 4.74 Å². The zero-order valence-corrected chi connectivity index (χ0v) is 11.8. The van der Waals surface area contributed by atoms with Crippen LogP contribution in [-0.4, -0.2) is 44.2 Å². The molecule has 1 amide bonds. The average molecular weight is 347 g/mol. The highest BCUT2D eigenvalue weighted by Crippen LogP contribution is 2.21. The molecule has 1 heterocycles. The topological polar surface area (TPSA) is 38.8 Å². The average Bonchev–Trinajstić information content (AvgIpc) is 2.39. The zero-order chi connectivity index (χ0) is 12.3. The molecule has 1 aliphatic rings. The number of hydrogen-bond donors (Lipinski definition) is 0. The second-order valence-electron chi connectivity index (χ2n) is 3.75. The van der Waals surface area contributed by atoms with Crippen molar-refractivity contribution in [3.05, 3.63) is 27.3 Å². The predicted molar refractivity (Wildman–Crippen MR) is 72.4 cm³/mol. The van der Waals surface area contributed by atoms with Gasteiger partial charge in [-0.2, -0.15) is 0 Å². The number of morpholine rings is 1. The maximum Gasteiger partial charge on any atom is 0.255 e. The fourth-order valence-corrected chi connectivity index (χ4v) is 2.30. The van der Waals surface area contributed by atoms with Crippen molar-refractivity contribution in [1.29, 1.82) is 0 Å². The Morgan fingerprint density at radius 2 is 2.12 bits per heavy atom. The molecule has 0 aliphatic carbocycles. The fraction of sp³-hybridized carbons (Fsp3) is 0.417. The van der Waals surface area contributed by atoms with Gasteiger partial charge in [-0.15, -0.1) is 0 Å². The maximum atomic E-state index is 12.3. The molecular formula is C12H14INO3. The lowest BCUT2D eigenvalue weighted by Gasteiger charge is -2.27. The van der Waals surface area contributed by atoms with Crippen molar-refractivity contribution in [1.82, 2.24) is 4.90 Å². The van der Waals surface area contributed by atoms with E-state index in [9.17, 15) is 4.79 Å². The molecule has 1 aliphatic heterocycles. The van der Waals surface area contributed by atoms with E-state index in [-0.39, 0.29) is 5.91 Å². The predicted octanol–water partition coefficient (Wildman–Crippen LogP) is 1.77. The van der Waals surface area contributed by atoms with Crippen LogP contribution in [0.5, 0.6) is 5.75 Å². The first-order valence-electron chi connectivity index (χ1n) is 5.43. The summed E-state index contributed by atoms with van der Waals surface area (Å²) in [6.45, 7) is 2.55. The van der Waals surface area contributed by atoms with Crippen molar-refractivity contribution in [2.45, 2.75) is 0 Å². The summed E-state index contributed by atoms with van der Waals surface area (Å²) in [4.78, 5) is 14.1. The van der Waals surface area contributed by atoms with Crippen molar-refractivity contribution in [2.24, 2.45) is 0 Å². The molecule has 2 rings (SSSR count). The number of benzene rings is 1. The summed E-state index contributed by atoms with van der Waals surface area (Å²) in [5, 5.41) is 0. The second-order valence-corrected chi connectivity index (χ2v) is 4.91.